The largest absolute Gasteiger partial charge is 0.417 e. The van der Waals surface area contributed by atoms with Crippen molar-refractivity contribution < 1.29 is 26.4 Å². The van der Waals surface area contributed by atoms with Crippen LogP contribution in [0, 0.1) is 5.41 Å². The molecule has 1 N–H and O–H groups in total. The van der Waals surface area contributed by atoms with Gasteiger partial charge in [-0.15, -0.1) is 0 Å². The number of carbonyl (C=O) groups is 1. The summed E-state index contributed by atoms with van der Waals surface area (Å²) in [5.41, 5.74) is -2.57. The molecule has 4 nitrogen and oxygen atoms in total. The highest BCUT2D eigenvalue weighted by molar-refractivity contribution is 7.91. The lowest BCUT2D eigenvalue weighted by Gasteiger charge is -2.14. The molecule has 1 aromatic rings. The summed E-state index contributed by atoms with van der Waals surface area (Å²) < 4.78 is 63.5. The van der Waals surface area contributed by atoms with Crippen LogP contribution < -0.4 is 5.32 Å². The van der Waals surface area contributed by atoms with E-state index in [1.54, 1.807) is 0 Å². The lowest BCUT2D eigenvalue weighted by atomic mass is 10.1. The summed E-state index contributed by atoms with van der Waals surface area (Å²) in [6, 6.07) is 2.98. The van der Waals surface area contributed by atoms with Crippen molar-refractivity contribution in [2.45, 2.75) is 23.9 Å². The smallest absolute Gasteiger partial charge is 0.324 e. The molecular formula is C12H10F3NO3S. The third kappa shape index (κ3) is 1.90. The minimum Gasteiger partial charge on any atom is -0.324 e. The van der Waals surface area contributed by atoms with Gasteiger partial charge in [0.15, 0.2) is 9.84 Å². The maximum atomic E-state index is 13.0. The topological polar surface area (TPSA) is 63.2 Å². The molecule has 1 aromatic carbocycles. The second-order valence-corrected chi connectivity index (χ2v) is 7.10. The molecule has 1 heterocycles. The summed E-state index contributed by atoms with van der Waals surface area (Å²) in [6.45, 7) is 0. The van der Waals surface area contributed by atoms with Crippen molar-refractivity contribution in [1.29, 1.82) is 0 Å². The van der Waals surface area contributed by atoms with Crippen LogP contribution in [0.25, 0.3) is 0 Å². The number of anilines is 1. The second-order valence-electron chi connectivity index (χ2n) is 5.17. The maximum absolute atomic E-state index is 13.0. The first-order valence-corrected chi connectivity index (χ1v) is 7.55. The monoisotopic (exact) mass is 305 g/mol. The summed E-state index contributed by atoms with van der Waals surface area (Å²) >= 11 is 0. The molecule has 0 unspecified atom stereocenters. The van der Waals surface area contributed by atoms with Gasteiger partial charge in [0.05, 0.1) is 22.4 Å². The Bertz CT molecular complexity index is 705. The van der Waals surface area contributed by atoms with Crippen LogP contribution in [0.4, 0.5) is 18.9 Å². The van der Waals surface area contributed by atoms with Crippen molar-refractivity contribution in [3.05, 3.63) is 23.8 Å². The Kier molecular flexibility index (Phi) is 2.51. The molecule has 3 rings (SSSR count). The predicted octanol–water partition coefficient (Wildman–Crippen LogP) is 2.21. The van der Waals surface area contributed by atoms with Crippen LogP contribution in [0.5, 0.6) is 0 Å². The average molecular weight is 305 g/mol. The standard InChI is InChI=1S/C12H10F3NO3S/c13-12(14,15)7-2-1-3-8-9(7)20(18,19)6-11(4-5-11)10(17)16-8/h1-3H,4-6H2,(H,16,17). The SMILES string of the molecule is O=C1Nc2cccc(C(F)(F)F)c2S(=O)(=O)CC12CC2. The first-order chi connectivity index (χ1) is 9.16. The summed E-state index contributed by atoms with van der Waals surface area (Å²) in [4.78, 5) is 11.1. The van der Waals surface area contributed by atoms with Crippen molar-refractivity contribution in [3.8, 4) is 0 Å². The number of sulfone groups is 1. The van der Waals surface area contributed by atoms with Crippen LogP contribution in [-0.2, 0) is 20.8 Å². The second kappa shape index (κ2) is 3.75. The van der Waals surface area contributed by atoms with Crippen LogP contribution in [0.15, 0.2) is 23.1 Å². The highest BCUT2D eigenvalue weighted by atomic mass is 32.2. The number of carbonyl (C=O) groups excluding carboxylic acids is 1. The van der Waals surface area contributed by atoms with Gasteiger partial charge in [-0.1, -0.05) is 6.07 Å². The number of halogens is 3. The molecule has 20 heavy (non-hydrogen) atoms. The van der Waals surface area contributed by atoms with Crippen LogP contribution in [0.1, 0.15) is 18.4 Å². The summed E-state index contributed by atoms with van der Waals surface area (Å²) in [5, 5.41) is 2.33. The van der Waals surface area contributed by atoms with Gasteiger partial charge in [-0.25, -0.2) is 8.42 Å². The Labute approximate surface area is 112 Å². The molecule has 2 aliphatic rings. The highest BCUT2D eigenvalue weighted by Gasteiger charge is 2.56. The molecular weight excluding hydrogens is 295 g/mol. The molecule has 1 amide bonds. The highest BCUT2D eigenvalue weighted by Crippen LogP contribution is 2.52. The fourth-order valence-corrected chi connectivity index (χ4v) is 4.74. The molecule has 108 valence electrons. The van der Waals surface area contributed by atoms with E-state index in [0.29, 0.717) is 18.9 Å². The van der Waals surface area contributed by atoms with Crippen molar-refractivity contribution in [2.75, 3.05) is 11.1 Å². The van der Waals surface area contributed by atoms with Crippen molar-refractivity contribution in [2.24, 2.45) is 5.41 Å². The molecule has 1 spiro atoms. The third-order valence-corrected chi connectivity index (χ3v) is 5.68. The minimum absolute atomic E-state index is 0.284. The fraction of sp³-hybridized carbons (Fsp3) is 0.417. The van der Waals surface area contributed by atoms with Crippen LogP contribution >= 0.6 is 0 Å². The zero-order valence-corrected chi connectivity index (χ0v) is 10.9. The maximum Gasteiger partial charge on any atom is 0.417 e. The van der Waals surface area contributed by atoms with Gasteiger partial charge in [0.25, 0.3) is 0 Å². The zero-order chi connectivity index (χ0) is 14.8. The fourth-order valence-electron chi connectivity index (χ4n) is 2.47. The summed E-state index contributed by atoms with van der Waals surface area (Å²) in [7, 11) is -4.17. The van der Waals surface area contributed by atoms with Gasteiger partial charge in [-0.2, -0.15) is 13.2 Å². The number of hydrogen-bond donors (Lipinski definition) is 1. The Morgan fingerprint density at radius 2 is 1.85 bits per heavy atom. The van der Waals surface area contributed by atoms with Gasteiger partial charge in [0.2, 0.25) is 5.91 Å². The average Bonchev–Trinajstić information content (AvgIpc) is 3.07. The van der Waals surface area contributed by atoms with Crippen LogP contribution in [0.3, 0.4) is 0 Å². The molecule has 0 radical (unpaired) electrons. The summed E-state index contributed by atoms with van der Waals surface area (Å²) in [5.74, 6) is -1.08. The molecule has 0 atom stereocenters. The molecule has 0 aromatic heterocycles. The Hall–Kier alpha value is -1.57. The molecule has 0 saturated heterocycles. The summed E-state index contributed by atoms with van der Waals surface area (Å²) in [6.07, 6.45) is -4.02. The van der Waals surface area contributed by atoms with E-state index in [2.05, 4.69) is 5.32 Å². The molecule has 8 heteroatoms. The molecule has 1 aliphatic carbocycles. The van der Waals surface area contributed by atoms with Gasteiger partial charge in [-0.3, -0.25) is 4.79 Å². The van der Waals surface area contributed by atoms with Crippen molar-refractivity contribution in [1.82, 2.24) is 0 Å². The Morgan fingerprint density at radius 1 is 1.20 bits per heavy atom. The number of amides is 1. The number of hydrogen-bond acceptors (Lipinski definition) is 3. The van der Waals surface area contributed by atoms with Gasteiger partial charge < -0.3 is 5.32 Å². The Morgan fingerprint density at radius 3 is 2.40 bits per heavy atom. The van der Waals surface area contributed by atoms with Crippen LogP contribution in [0.2, 0.25) is 0 Å². The molecule has 1 aliphatic heterocycles. The van der Waals surface area contributed by atoms with E-state index in [1.807, 2.05) is 0 Å². The third-order valence-electron chi connectivity index (χ3n) is 3.68. The Balaban J connectivity index is 2.27. The predicted molar refractivity (Wildman–Crippen MR) is 63.8 cm³/mol. The van der Waals surface area contributed by atoms with Gasteiger partial charge >= 0.3 is 6.18 Å². The lowest BCUT2D eigenvalue weighted by Crippen LogP contribution is -2.27. The number of alkyl halides is 3. The van der Waals surface area contributed by atoms with E-state index in [-0.39, 0.29) is 5.69 Å². The first-order valence-electron chi connectivity index (χ1n) is 5.90. The lowest BCUT2D eigenvalue weighted by molar-refractivity contribution is -0.139. The number of rotatable bonds is 0. The van der Waals surface area contributed by atoms with Crippen molar-refractivity contribution in [3.63, 3.8) is 0 Å². The van der Waals surface area contributed by atoms with Gasteiger partial charge in [0.1, 0.15) is 4.90 Å². The molecule has 1 fully saturated rings. The van der Waals surface area contributed by atoms with Crippen molar-refractivity contribution >= 4 is 21.4 Å². The number of nitrogens with one attached hydrogen (secondary N) is 1. The molecule has 1 saturated carbocycles. The van der Waals surface area contributed by atoms with Crippen LogP contribution in [-0.4, -0.2) is 20.1 Å². The van der Waals surface area contributed by atoms with E-state index in [4.69, 9.17) is 0 Å². The van der Waals surface area contributed by atoms with Gasteiger partial charge in [0, 0.05) is 0 Å². The number of fused-ring (bicyclic) bond motifs is 1. The van der Waals surface area contributed by atoms with E-state index in [9.17, 15) is 26.4 Å². The minimum atomic E-state index is -4.79. The first kappa shape index (κ1) is 13.4. The zero-order valence-electron chi connectivity index (χ0n) is 10.1. The molecule has 0 bridgehead atoms. The quantitative estimate of drug-likeness (QED) is 0.799. The van der Waals surface area contributed by atoms with E-state index in [1.165, 1.54) is 6.07 Å². The normalized spacial score (nSPS) is 22.9. The van der Waals surface area contributed by atoms with E-state index >= 15 is 0 Å². The van der Waals surface area contributed by atoms with E-state index in [0.717, 1.165) is 6.07 Å². The van der Waals surface area contributed by atoms with E-state index < -0.39 is 43.5 Å². The van der Waals surface area contributed by atoms with Gasteiger partial charge in [-0.05, 0) is 25.0 Å². The number of benzene rings is 1.